The summed E-state index contributed by atoms with van der Waals surface area (Å²) >= 11 is 0. The van der Waals surface area contributed by atoms with Gasteiger partial charge in [-0.05, 0) is 50.5 Å². The lowest BCUT2D eigenvalue weighted by molar-refractivity contribution is -0.144. The molecule has 0 spiro atoms. The van der Waals surface area contributed by atoms with Crippen LogP contribution >= 0.6 is 0 Å². The van der Waals surface area contributed by atoms with Crippen LogP contribution < -0.4 is 33.2 Å². The van der Waals surface area contributed by atoms with Crippen LogP contribution in [0.4, 0.5) is 0 Å². The fourth-order valence-electron chi connectivity index (χ4n) is 3.42. The fourth-order valence-corrected chi connectivity index (χ4v) is 3.42. The van der Waals surface area contributed by atoms with Crippen molar-refractivity contribution in [2.24, 2.45) is 29.0 Å². The number of amides is 4. The van der Waals surface area contributed by atoms with Gasteiger partial charge in [-0.2, -0.15) is 0 Å². The largest absolute Gasteiger partial charge is 0.480 e. The van der Waals surface area contributed by atoms with Crippen LogP contribution in [0.25, 0.3) is 0 Å². The Balaban J connectivity index is 5.62. The van der Waals surface area contributed by atoms with Crippen LogP contribution in [-0.2, 0) is 24.0 Å². The third-order valence-corrected chi connectivity index (χ3v) is 5.73. The predicted octanol–water partition coefficient (Wildman–Crippen LogP) is -0.661. The molecule has 12 heteroatoms. The normalized spacial score (nSPS) is 15.4. The van der Waals surface area contributed by atoms with Gasteiger partial charge >= 0.3 is 5.97 Å². The van der Waals surface area contributed by atoms with Crippen LogP contribution in [0.1, 0.15) is 72.6 Å². The summed E-state index contributed by atoms with van der Waals surface area (Å²) in [6.07, 6.45) is 1.99. The zero-order valence-corrected chi connectivity index (χ0v) is 21.3. The Bertz CT molecular complexity index is 717. The highest BCUT2D eigenvalue weighted by molar-refractivity contribution is 5.94. The van der Waals surface area contributed by atoms with Gasteiger partial charge in [0.25, 0.3) is 0 Å². The van der Waals surface area contributed by atoms with E-state index in [9.17, 15) is 29.1 Å². The average molecular weight is 501 g/mol. The lowest BCUT2D eigenvalue weighted by atomic mass is 9.98. The molecule has 0 saturated carbocycles. The number of nitrogens with two attached hydrogens (primary N) is 3. The highest BCUT2D eigenvalue weighted by Gasteiger charge is 2.31. The van der Waals surface area contributed by atoms with E-state index >= 15 is 0 Å². The molecule has 0 aromatic heterocycles. The maximum Gasteiger partial charge on any atom is 0.326 e. The second-order valence-corrected chi connectivity index (χ2v) is 9.36. The van der Waals surface area contributed by atoms with Gasteiger partial charge in [-0.25, -0.2) is 4.79 Å². The number of carbonyl (C=O) groups is 5. The van der Waals surface area contributed by atoms with Crippen molar-refractivity contribution in [2.45, 2.75) is 96.8 Å². The molecule has 0 saturated heterocycles. The van der Waals surface area contributed by atoms with E-state index in [4.69, 9.17) is 17.2 Å². The summed E-state index contributed by atoms with van der Waals surface area (Å²) in [5, 5.41) is 17.1. The number of hydrogen-bond acceptors (Lipinski definition) is 7. The van der Waals surface area contributed by atoms with Crippen molar-refractivity contribution in [1.82, 2.24) is 16.0 Å². The van der Waals surface area contributed by atoms with Gasteiger partial charge in [-0.15, -0.1) is 0 Å². The van der Waals surface area contributed by atoms with Crippen molar-refractivity contribution in [1.29, 1.82) is 0 Å². The van der Waals surface area contributed by atoms with E-state index in [1.54, 1.807) is 6.92 Å². The van der Waals surface area contributed by atoms with E-state index in [0.29, 0.717) is 32.2 Å². The van der Waals surface area contributed by atoms with Gasteiger partial charge in [0, 0.05) is 6.42 Å². The molecule has 0 aliphatic carbocycles. The molecule has 0 radical (unpaired) electrons. The number of unbranched alkanes of at least 4 members (excludes halogenated alkanes) is 1. The minimum Gasteiger partial charge on any atom is -0.480 e. The minimum absolute atomic E-state index is 0.0803. The Morgan fingerprint density at radius 1 is 0.857 bits per heavy atom. The topological polar surface area (TPSA) is 220 Å². The quantitative estimate of drug-likeness (QED) is 0.119. The Morgan fingerprint density at radius 3 is 1.89 bits per heavy atom. The molecule has 4 amide bonds. The molecule has 0 fully saturated rings. The summed E-state index contributed by atoms with van der Waals surface area (Å²) in [6, 6.07) is -4.18. The molecular weight excluding hydrogens is 456 g/mol. The molecule has 0 heterocycles. The van der Waals surface area contributed by atoms with Crippen molar-refractivity contribution >= 4 is 29.6 Å². The molecule has 0 aliphatic rings. The van der Waals surface area contributed by atoms with Gasteiger partial charge in [0.2, 0.25) is 23.6 Å². The molecule has 10 N–H and O–H groups in total. The summed E-state index contributed by atoms with van der Waals surface area (Å²) in [5.74, 6) is -3.92. The number of hydrogen-bond donors (Lipinski definition) is 7. The van der Waals surface area contributed by atoms with Crippen molar-refractivity contribution in [3.63, 3.8) is 0 Å². The SMILES string of the molecule is CCC(C)C(NC(=O)C(CCCCN)NC(=O)C(CCC(N)=O)NC(=O)C(N)CC(C)C)C(=O)O. The summed E-state index contributed by atoms with van der Waals surface area (Å²) in [7, 11) is 0. The number of nitrogens with one attached hydrogen (secondary N) is 3. The van der Waals surface area contributed by atoms with Crippen LogP contribution in [0.2, 0.25) is 0 Å². The summed E-state index contributed by atoms with van der Waals surface area (Å²) < 4.78 is 0. The van der Waals surface area contributed by atoms with Crippen molar-refractivity contribution in [2.75, 3.05) is 6.54 Å². The van der Waals surface area contributed by atoms with Crippen molar-refractivity contribution < 1.29 is 29.1 Å². The summed E-state index contributed by atoms with van der Waals surface area (Å²) in [6.45, 7) is 7.70. The number of aliphatic carboxylic acids is 1. The molecule has 35 heavy (non-hydrogen) atoms. The smallest absolute Gasteiger partial charge is 0.326 e. The minimum atomic E-state index is -1.18. The fraction of sp³-hybridized carbons (Fsp3) is 0.783. The lowest BCUT2D eigenvalue weighted by Gasteiger charge is -2.26. The van der Waals surface area contributed by atoms with Gasteiger partial charge in [-0.3, -0.25) is 19.2 Å². The molecule has 0 bridgehead atoms. The van der Waals surface area contributed by atoms with E-state index in [2.05, 4.69) is 16.0 Å². The van der Waals surface area contributed by atoms with Gasteiger partial charge in [-0.1, -0.05) is 34.1 Å². The number of carboxylic acids is 1. The maximum atomic E-state index is 13.1. The van der Waals surface area contributed by atoms with Crippen LogP contribution in [0.15, 0.2) is 0 Å². The third kappa shape index (κ3) is 13.1. The van der Waals surface area contributed by atoms with E-state index in [-0.39, 0.29) is 31.1 Å². The van der Waals surface area contributed by atoms with Gasteiger partial charge in [0.1, 0.15) is 18.1 Å². The van der Waals surface area contributed by atoms with Crippen LogP contribution in [0.3, 0.4) is 0 Å². The maximum absolute atomic E-state index is 13.1. The predicted molar refractivity (Wildman–Crippen MR) is 132 cm³/mol. The molecule has 202 valence electrons. The zero-order valence-electron chi connectivity index (χ0n) is 21.3. The Kier molecular flexibility index (Phi) is 15.5. The second kappa shape index (κ2) is 16.8. The highest BCUT2D eigenvalue weighted by Crippen LogP contribution is 2.10. The first-order chi connectivity index (χ1) is 16.3. The average Bonchev–Trinajstić information content (AvgIpc) is 2.77. The number of carbonyl (C=O) groups excluding carboxylic acids is 4. The van der Waals surface area contributed by atoms with Crippen LogP contribution in [-0.4, -0.2) is 65.4 Å². The second-order valence-electron chi connectivity index (χ2n) is 9.36. The molecule has 5 atom stereocenters. The molecule has 0 rings (SSSR count). The highest BCUT2D eigenvalue weighted by atomic mass is 16.4. The Labute approximate surface area is 207 Å². The van der Waals surface area contributed by atoms with E-state index in [1.165, 1.54) is 0 Å². The molecule has 12 nitrogen and oxygen atoms in total. The van der Waals surface area contributed by atoms with E-state index in [1.807, 2.05) is 20.8 Å². The van der Waals surface area contributed by atoms with E-state index in [0.717, 1.165) is 0 Å². The van der Waals surface area contributed by atoms with Gasteiger partial charge in [0.05, 0.1) is 6.04 Å². The molecule has 5 unspecified atom stereocenters. The Hall–Kier alpha value is -2.73. The molecule has 0 aromatic carbocycles. The summed E-state index contributed by atoms with van der Waals surface area (Å²) in [5.41, 5.74) is 16.7. The Morgan fingerprint density at radius 2 is 1.40 bits per heavy atom. The van der Waals surface area contributed by atoms with Crippen LogP contribution in [0.5, 0.6) is 0 Å². The zero-order chi connectivity index (χ0) is 27.1. The van der Waals surface area contributed by atoms with E-state index < -0.39 is 53.8 Å². The molecule has 0 aromatic rings. The third-order valence-electron chi connectivity index (χ3n) is 5.73. The number of primary amides is 1. The van der Waals surface area contributed by atoms with Gasteiger partial charge in [0.15, 0.2) is 0 Å². The number of rotatable bonds is 18. The monoisotopic (exact) mass is 500 g/mol. The molecule has 0 aliphatic heterocycles. The van der Waals surface area contributed by atoms with Crippen molar-refractivity contribution in [3.8, 4) is 0 Å². The number of carboxylic acid groups (broad SMARTS) is 1. The first-order valence-corrected chi connectivity index (χ1v) is 12.2. The molecular formula is C23H44N6O6. The first kappa shape index (κ1) is 32.3. The first-order valence-electron chi connectivity index (χ1n) is 12.2. The summed E-state index contributed by atoms with van der Waals surface area (Å²) in [4.78, 5) is 61.4. The van der Waals surface area contributed by atoms with Crippen LogP contribution in [0, 0.1) is 11.8 Å². The van der Waals surface area contributed by atoms with Gasteiger partial charge < -0.3 is 38.3 Å². The standard InChI is InChI=1S/C23H44N6O6/c1-5-14(4)19(23(34)35)29-22(33)16(8-6-7-11-24)28-21(32)17(9-10-18(26)30)27-20(31)15(25)12-13(2)3/h13-17,19H,5-12,24-25H2,1-4H3,(H2,26,30)(H,27,31)(H,28,32)(H,29,33)(H,34,35). The lowest BCUT2D eigenvalue weighted by Crippen LogP contribution is -2.57. The van der Waals surface area contributed by atoms with Crippen molar-refractivity contribution in [3.05, 3.63) is 0 Å².